The van der Waals surface area contributed by atoms with Crippen molar-refractivity contribution in [3.05, 3.63) is 211 Å². The Hall–Kier alpha value is -5.69. The first-order chi connectivity index (χ1) is 26.8. The largest absolute Gasteiger partial charge is 0.314 e. The highest BCUT2D eigenvalue weighted by atomic mass is 31.2. The van der Waals surface area contributed by atoms with Gasteiger partial charge in [-0.25, -0.2) is 0 Å². The van der Waals surface area contributed by atoms with E-state index in [1.54, 1.807) is 0 Å². The summed E-state index contributed by atoms with van der Waals surface area (Å²) in [5.41, 5.74) is 10.9. The highest BCUT2D eigenvalue weighted by Crippen LogP contribution is 2.64. The van der Waals surface area contributed by atoms with Crippen molar-refractivity contribution in [1.29, 1.82) is 0 Å². The minimum Gasteiger partial charge on any atom is -0.314 e. The van der Waals surface area contributed by atoms with Crippen molar-refractivity contribution < 1.29 is 0 Å². The van der Waals surface area contributed by atoms with E-state index in [0.717, 1.165) is 25.7 Å². The standard InChI is InChI=1S/C51H44N2P/c1-2-17-37-28-31-45-47-36-43(30-33-50(47)53(51(45)34-37)39-20-9-4-10-21-39)54(40-22-11-5-12-23-40,41-24-13-6-14-25-41)42-29-32-49-46(35-42)44-26-15-16-27-48(44)52(49)38-18-7-3-8-19-38/h3-16,18-25,27-28,30-36,42,44H,2,17,26,29H2,1H3/q+1. The first-order valence-corrected chi connectivity index (χ1v) is 21.4. The molecule has 0 radical (unpaired) electrons. The fraction of sp³-hybridized carbons (Fsp3) is 0.137. The van der Waals surface area contributed by atoms with Crippen molar-refractivity contribution >= 4 is 50.7 Å². The first kappa shape index (κ1) is 32.9. The Morgan fingerprint density at radius 2 is 1.28 bits per heavy atom. The second kappa shape index (κ2) is 13.6. The number of allylic oxidation sites excluding steroid dienone is 7. The number of aromatic nitrogens is 1. The van der Waals surface area contributed by atoms with Gasteiger partial charge in [0, 0.05) is 45.9 Å². The third kappa shape index (κ3) is 5.19. The highest BCUT2D eigenvalue weighted by molar-refractivity contribution is 7.96. The predicted molar refractivity (Wildman–Crippen MR) is 232 cm³/mol. The van der Waals surface area contributed by atoms with Gasteiger partial charge in [0.05, 0.1) is 11.0 Å². The van der Waals surface area contributed by atoms with Crippen molar-refractivity contribution in [2.75, 3.05) is 4.90 Å². The van der Waals surface area contributed by atoms with E-state index in [1.165, 1.54) is 71.6 Å². The fourth-order valence-electron chi connectivity index (χ4n) is 9.56. The smallest absolute Gasteiger partial charge is 0.119 e. The molecule has 2 heterocycles. The number of hydrogen-bond acceptors (Lipinski definition) is 1. The van der Waals surface area contributed by atoms with Gasteiger partial charge in [0.1, 0.15) is 28.8 Å². The number of aryl methyl sites for hydroxylation is 1. The van der Waals surface area contributed by atoms with Crippen molar-refractivity contribution in [3.63, 3.8) is 0 Å². The van der Waals surface area contributed by atoms with Crippen molar-refractivity contribution in [2.24, 2.45) is 5.92 Å². The van der Waals surface area contributed by atoms with Gasteiger partial charge < -0.3 is 9.47 Å². The van der Waals surface area contributed by atoms with Crippen molar-refractivity contribution in [2.45, 2.75) is 38.3 Å². The summed E-state index contributed by atoms with van der Waals surface area (Å²) >= 11 is 0. The van der Waals surface area contributed by atoms with E-state index in [0.29, 0.717) is 11.6 Å². The molecule has 10 rings (SSSR count). The number of anilines is 1. The van der Waals surface area contributed by atoms with Gasteiger partial charge in [-0.05, 0) is 109 Å². The molecule has 1 aliphatic heterocycles. The van der Waals surface area contributed by atoms with E-state index in [-0.39, 0.29) is 0 Å². The zero-order valence-corrected chi connectivity index (χ0v) is 31.6. The Morgan fingerprint density at radius 3 is 1.96 bits per heavy atom. The highest BCUT2D eigenvalue weighted by Gasteiger charge is 2.53. The van der Waals surface area contributed by atoms with Crippen molar-refractivity contribution in [1.82, 2.24) is 4.57 Å². The molecule has 7 aromatic rings. The number of rotatable bonds is 8. The Morgan fingerprint density at radius 1 is 0.611 bits per heavy atom. The molecule has 1 saturated heterocycles. The number of benzene rings is 6. The summed E-state index contributed by atoms with van der Waals surface area (Å²) in [6, 6.07) is 59.5. The third-order valence-electron chi connectivity index (χ3n) is 11.8. The van der Waals surface area contributed by atoms with E-state index >= 15 is 0 Å². The zero-order chi connectivity index (χ0) is 36.1. The molecule has 2 unspecified atom stereocenters. The van der Waals surface area contributed by atoms with E-state index in [4.69, 9.17) is 0 Å². The quantitative estimate of drug-likeness (QED) is 0.142. The summed E-state index contributed by atoms with van der Waals surface area (Å²) in [6.45, 7) is 2.27. The Kier molecular flexibility index (Phi) is 8.30. The summed E-state index contributed by atoms with van der Waals surface area (Å²) in [7, 11) is -2.27. The lowest BCUT2D eigenvalue weighted by molar-refractivity contribution is 0.753. The molecule has 1 fully saturated rings. The van der Waals surface area contributed by atoms with Crippen LogP contribution in [-0.2, 0) is 6.42 Å². The summed E-state index contributed by atoms with van der Waals surface area (Å²) in [5, 5.41) is 6.95. The average Bonchev–Trinajstić information content (AvgIpc) is 3.75. The molecule has 3 heteroatoms. The Balaban J connectivity index is 1.23. The molecule has 6 aromatic carbocycles. The number of para-hydroxylation sites is 2. The molecule has 2 nitrogen and oxygen atoms in total. The van der Waals surface area contributed by atoms with Crippen LogP contribution < -0.4 is 20.8 Å². The fourth-order valence-corrected chi connectivity index (χ4v) is 14.3. The van der Waals surface area contributed by atoms with E-state index in [1.807, 2.05) is 0 Å². The van der Waals surface area contributed by atoms with Crippen LogP contribution in [0.1, 0.15) is 31.7 Å². The molecule has 0 bridgehead atoms. The molecule has 0 amide bonds. The second-order valence-electron chi connectivity index (χ2n) is 14.9. The van der Waals surface area contributed by atoms with Gasteiger partial charge in [-0.15, -0.1) is 0 Å². The summed E-state index contributed by atoms with van der Waals surface area (Å²) in [4.78, 5) is 2.53. The lowest BCUT2D eigenvalue weighted by atomic mass is 9.89. The molecule has 0 N–H and O–H groups in total. The van der Waals surface area contributed by atoms with Crippen LogP contribution in [0.3, 0.4) is 0 Å². The maximum Gasteiger partial charge on any atom is 0.119 e. The molecule has 2 atom stereocenters. The monoisotopic (exact) mass is 715 g/mol. The van der Waals surface area contributed by atoms with Crippen LogP contribution in [0.4, 0.5) is 5.69 Å². The molecule has 1 aromatic heterocycles. The minimum atomic E-state index is -2.27. The Labute approximate surface area is 319 Å². The molecule has 54 heavy (non-hydrogen) atoms. The number of hydrogen-bond donors (Lipinski definition) is 0. The predicted octanol–water partition coefficient (Wildman–Crippen LogP) is 11.6. The summed E-state index contributed by atoms with van der Waals surface area (Å²) in [5.74, 6) is 0.348. The molecule has 0 spiro atoms. The maximum atomic E-state index is 2.72. The normalized spacial score (nSPS) is 17.9. The molecular formula is C51H44N2P+. The first-order valence-electron chi connectivity index (χ1n) is 19.5. The van der Waals surface area contributed by atoms with Gasteiger partial charge in [-0.2, -0.15) is 0 Å². The zero-order valence-electron chi connectivity index (χ0n) is 30.7. The summed E-state index contributed by atoms with van der Waals surface area (Å²) in [6.07, 6.45) is 16.4. The van der Waals surface area contributed by atoms with Gasteiger partial charge in [0.2, 0.25) is 0 Å². The van der Waals surface area contributed by atoms with Crippen LogP contribution in [0.25, 0.3) is 27.5 Å². The SMILES string of the molecule is CCCc1ccc2c3cc([P+](c4ccccc4)(c4ccccc4)C4C=C5C(=CC4)N(c4ccccc4)C4=CC=CCC54)ccc3n(-c3ccccc3)c2c1. The second-order valence-corrected chi connectivity index (χ2v) is 18.5. The lowest BCUT2D eigenvalue weighted by Gasteiger charge is -2.35. The molecule has 3 aliphatic rings. The topological polar surface area (TPSA) is 8.17 Å². The van der Waals surface area contributed by atoms with Gasteiger partial charge in [0.15, 0.2) is 0 Å². The molecule has 0 saturated carbocycles. The molecule has 2 aliphatic carbocycles. The lowest BCUT2D eigenvalue weighted by Crippen LogP contribution is -2.39. The van der Waals surface area contributed by atoms with Crippen LogP contribution in [-0.4, -0.2) is 10.2 Å². The van der Waals surface area contributed by atoms with E-state index < -0.39 is 7.26 Å². The van der Waals surface area contributed by atoms with Gasteiger partial charge in [-0.3, -0.25) is 0 Å². The minimum absolute atomic E-state index is 0.292. The van der Waals surface area contributed by atoms with Crippen molar-refractivity contribution in [3.8, 4) is 5.69 Å². The van der Waals surface area contributed by atoms with Crippen LogP contribution in [0.5, 0.6) is 0 Å². The van der Waals surface area contributed by atoms with Crippen LogP contribution in [0.2, 0.25) is 0 Å². The van der Waals surface area contributed by atoms with E-state index in [2.05, 4.69) is 204 Å². The Bertz CT molecular complexity index is 2570. The average molecular weight is 716 g/mol. The number of fused-ring (bicyclic) bond motifs is 6. The third-order valence-corrected chi connectivity index (χ3v) is 16.5. The van der Waals surface area contributed by atoms with Crippen LogP contribution in [0, 0.1) is 5.92 Å². The molecular weight excluding hydrogens is 672 g/mol. The molecule has 262 valence electrons. The van der Waals surface area contributed by atoms with E-state index in [9.17, 15) is 0 Å². The maximum absolute atomic E-state index is 2.72. The van der Waals surface area contributed by atoms with Crippen LogP contribution in [0.15, 0.2) is 205 Å². The van der Waals surface area contributed by atoms with Gasteiger partial charge >= 0.3 is 0 Å². The van der Waals surface area contributed by atoms with Crippen LogP contribution >= 0.6 is 7.26 Å². The number of nitrogens with zero attached hydrogens (tertiary/aromatic N) is 2. The van der Waals surface area contributed by atoms with Gasteiger partial charge in [-0.1, -0.05) is 117 Å². The van der Waals surface area contributed by atoms with Gasteiger partial charge in [0.25, 0.3) is 0 Å². The summed E-state index contributed by atoms with van der Waals surface area (Å²) < 4.78 is 2.48.